The highest BCUT2D eigenvalue weighted by molar-refractivity contribution is 6.01. The Labute approximate surface area is 206 Å². The predicted molar refractivity (Wildman–Crippen MR) is 136 cm³/mol. The van der Waals surface area contributed by atoms with Crippen molar-refractivity contribution >= 4 is 17.3 Å². The van der Waals surface area contributed by atoms with Crippen LogP contribution in [0, 0.1) is 6.92 Å². The van der Waals surface area contributed by atoms with E-state index in [0.29, 0.717) is 28.7 Å². The molecule has 4 rings (SSSR count). The van der Waals surface area contributed by atoms with Crippen molar-refractivity contribution < 1.29 is 24.2 Å². The van der Waals surface area contributed by atoms with Gasteiger partial charge in [0.15, 0.2) is 5.75 Å². The topological polar surface area (TPSA) is 72.8 Å². The number of carbonyl (C=O) groups is 2. The molecule has 35 heavy (non-hydrogen) atoms. The van der Waals surface area contributed by atoms with Crippen molar-refractivity contribution in [2.45, 2.75) is 52.7 Å². The average Bonchev–Trinajstić information content (AvgIpc) is 2.79. The fourth-order valence-corrected chi connectivity index (χ4v) is 4.68. The van der Waals surface area contributed by atoms with E-state index >= 15 is 0 Å². The lowest BCUT2D eigenvalue weighted by molar-refractivity contribution is -0.171. The van der Waals surface area contributed by atoms with Crippen LogP contribution in [0.4, 0.5) is 0 Å². The number of ether oxygens (including phenoxy) is 2. The molecule has 0 fully saturated rings. The highest BCUT2D eigenvalue weighted by Gasteiger charge is 2.47. The molecule has 5 nitrogen and oxygen atoms in total. The quantitative estimate of drug-likeness (QED) is 0.387. The molecule has 0 amide bonds. The standard InChI is InChI=1S/C30H30O5/c1-6-10-21-16-25(32)27(24-15-19(4)13-14-23(24)18(2)3)28-26(21)29(33)35-30(34-28,17-20(5)31)22-11-8-7-9-12-22/h7-9,11-16,32H,2,6,10,17H2,1,3-5H3. The summed E-state index contributed by atoms with van der Waals surface area (Å²) in [5, 5.41) is 11.3. The number of hydrogen-bond acceptors (Lipinski definition) is 5. The minimum absolute atomic E-state index is 0.000198. The van der Waals surface area contributed by atoms with Gasteiger partial charge in [-0.25, -0.2) is 4.79 Å². The van der Waals surface area contributed by atoms with Gasteiger partial charge >= 0.3 is 5.97 Å². The van der Waals surface area contributed by atoms with Crippen LogP contribution in [0.2, 0.25) is 0 Å². The molecular formula is C30H30O5. The molecule has 1 aliphatic rings. The Morgan fingerprint density at radius 2 is 1.74 bits per heavy atom. The Kier molecular flexibility index (Phi) is 6.53. The normalized spacial score (nSPS) is 16.7. The van der Waals surface area contributed by atoms with Crippen LogP contribution in [0.1, 0.15) is 66.2 Å². The second-order valence-electron chi connectivity index (χ2n) is 9.20. The van der Waals surface area contributed by atoms with Gasteiger partial charge in [0.1, 0.15) is 17.1 Å². The fraction of sp³-hybridized carbons (Fsp3) is 0.267. The summed E-state index contributed by atoms with van der Waals surface area (Å²) in [7, 11) is 0. The largest absolute Gasteiger partial charge is 0.507 e. The molecule has 0 saturated carbocycles. The maximum Gasteiger partial charge on any atom is 0.345 e. The summed E-state index contributed by atoms with van der Waals surface area (Å²) in [6, 6.07) is 16.5. The van der Waals surface area contributed by atoms with Gasteiger partial charge in [-0.1, -0.05) is 79.6 Å². The molecule has 0 aliphatic carbocycles. The number of aryl methyl sites for hydroxylation is 2. The van der Waals surface area contributed by atoms with Gasteiger partial charge in [-0.3, -0.25) is 4.79 Å². The molecule has 0 saturated heterocycles. The number of phenolic OH excluding ortho intramolecular Hbond substituents is 1. The molecule has 1 aliphatic heterocycles. The van der Waals surface area contributed by atoms with Crippen LogP contribution in [-0.2, 0) is 21.7 Å². The zero-order chi connectivity index (χ0) is 25.3. The van der Waals surface area contributed by atoms with E-state index in [4.69, 9.17) is 9.47 Å². The second kappa shape index (κ2) is 9.41. The number of hydrogen-bond donors (Lipinski definition) is 1. The Hall–Kier alpha value is -3.86. The van der Waals surface area contributed by atoms with Gasteiger partial charge in [-0.15, -0.1) is 0 Å². The molecule has 0 spiro atoms. The van der Waals surface area contributed by atoms with Gasteiger partial charge < -0.3 is 14.6 Å². The molecule has 3 aromatic carbocycles. The van der Waals surface area contributed by atoms with Gasteiger partial charge in [-0.05, 0) is 49.9 Å². The van der Waals surface area contributed by atoms with Crippen LogP contribution in [0.15, 0.2) is 61.2 Å². The molecule has 1 atom stereocenters. The number of allylic oxidation sites excluding steroid dienone is 1. The van der Waals surface area contributed by atoms with E-state index in [1.165, 1.54) is 6.92 Å². The van der Waals surface area contributed by atoms with Crippen molar-refractivity contribution in [1.82, 2.24) is 0 Å². The van der Waals surface area contributed by atoms with Gasteiger partial charge in [0, 0.05) is 5.56 Å². The van der Waals surface area contributed by atoms with E-state index in [1.54, 1.807) is 30.3 Å². The number of aromatic hydroxyl groups is 1. The first-order chi connectivity index (χ1) is 16.7. The maximum absolute atomic E-state index is 13.6. The summed E-state index contributed by atoms with van der Waals surface area (Å²) in [6.45, 7) is 11.4. The van der Waals surface area contributed by atoms with Gasteiger partial charge in [0.05, 0.1) is 12.0 Å². The molecule has 1 N–H and O–H groups in total. The SMILES string of the molecule is C=C(C)c1ccc(C)cc1-c1c(O)cc(CCC)c2c1OC(CC(C)=O)(c1ccccc1)OC2=O. The molecule has 180 valence electrons. The van der Waals surface area contributed by atoms with E-state index in [0.717, 1.165) is 23.1 Å². The summed E-state index contributed by atoms with van der Waals surface area (Å²) < 4.78 is 12.5. The van der Waals surface area contributed by atoms with Crippen molar-refractivity contribution in [3.8, 4) is 22.6 Å². The Balaban J connectivity index is 2.07. The van der Waals surface area contributed by atoms with Gasteiger partial charge in [0.2, 0.25) is 0 Å². The fourth-order valence-electron chi connectivity index (χ4n) is 4.68. The van der Waals surface area contributed by atoms with Crippen LogP contribution >= 0.6 is 0 Å². The minimum Gasteiger partial charge on any atom is -0.507 e. The Bertz CT molecular complexity index is 1320. The first-order valence-corrected chi connectivity index (χ1v) is 11.8. The molecular weight excluding hydrogens is 440 g/mol. The van der Waals surface area contributed by atoms with Crippen LogP contribution in [-0.4, -0.2) is 16.9 Å². The molecule has 1 heterocycles. The third-order valence-corrected chi connectivity index (χ3v) is 6.19. The third-order valence-electron chi connectivity index (χ3n) is 6.19. The van der Waals surface area contributed by atoms with Crippen molar-refractivity contribution in [1.29, 1.82) is 0 Å². The predicted octanol–water partition coefficient (Wildman–Crippen LogP) is 6.73. The zero-order valence-corrected chi connectivity index (χ0v) is 20.6. The molecule has 5 heteroatoms. The van der Waals surface area contributed by atoms with Crippen LogP contribution in [0.25, 0.3) is 16.7 Å². The van der Waals surface area contributed by atoms with Crippen molar-refractivity contribution in [2.24, 2.45) is 0 Å². The lowest BCUT2D eigenvalue weighted by atomic mass is 9.88. The molecule has 3 aromatic rings. The first kappa shape index (κ1) is 24.3. The highest BCUT2D eigenvalue weighted by Crippen LogP contribution is 2.51. The molecule has 0 radical (unpaired) electrons. The van der Waals surface area contributed by atoms with E-state index in [1.807, 2.05) is 45.0 Å². The van der Waals surface area contributed by atoms with Crippen molar-refractivity contribution in [3.05, 3.63) is 89.0 Å². The highest BCUT2D eigenvalue weighted by atomic mass is 16.7. The number of phenols is 1. The molecule has 0 bridgehead atoms. The monoisotopic (exact) mass is 470 g/mol. The van der Waals surface area contributed by atoms with E-state index in [2.05, 4.69) is 6.58 Å². The van der Waals surface area contributed by atoms with E-state index in [-0.39, 0.29) is 29.3 Å². The summed E-state index contributed by atoms with van der Waals surface area (Å²) in [6.07, 6.45) is 1.15. The summed E-state index contributed by atoms with van der Waals surface area (Å²) in [5.74, 6) is -2.19. The van der Waals surface area contributed by atoms with Crippen molar-refractivity contribution in [3.63, 3.8) is 0 Å². The molecule has 0 aromatic heterocycles. The number of cyclic esters (lactones) is 1. The first-order valence-electron chi connectivity index (χ1n) is 11.8. The minimum atomic E-state index is -1.64. The Morgan fingerprint density at radius 3 is 2.37 bits per heavy atom. The average molecular weight is 471 g/mol. The van der Waals surface area contributed by atoms with E-state index in [9.17, 15) is 14.7 Å². The van der Waals surface area contributed by atoms with Crippen LogP contribution in [0.5, 0.6) is 11.5 Å². The second-order valence-corrected chi connectivity index (χ2v) is 9.20. The lowest BCUT2D eigenvalue weighted by Gasteiger charge is -2.39. The van der Waals surface area contributed by atoms with Crippen LogP contribution in [0.3, 0.4) is 0 Å². The number of esters is 1. The number of benzene rings is 3. The number of fused-ring (bicyclic) bond motifs is 1. The molecule has 1 unspecified atom stereocenters. The summed E-state index contributed by atoms with van der Waals surface area (Å²) >= 11 is 0. The van der Waals surface area contributed by atoms with E-state index < -0.39 is 11.8 Å². The summed E-state index contributed by atoms with van der Waals surface area (Å²) in [4.78, 5) is 26.0. The van der Waals surface area contributed by atoms with Gasteiger partial charge in [0.25, 0.3) is 5.79 Å². The summed E-state index contributed by atoms with van der Waals surface area (Å²) in [5.41, 5.74) is 5.18. The zero-order valence-electron chi connectivity index (χ0n) is 20.6. The van der Waals surface area contributed by atoms with Crippen LogP contribution < -0.4 is 4.74 Å². The smallest absolute Gasteiger partial charge is 0.345 e. The maximum atomic E-state index is 13.6. The number of rotatable bonds is 7. The van der Waals surface area contributed by atoms with Crippen molar-refractivity contribution in [2.75, 3.05) is 0 Å². The number of carbonyl (C=O) groups excluding carboxylic acids is 2. The third kappa shape index (κ3) is 4.46. The van der Waals surface area contributed by atoms with Gasteiger partial charge in [-0.2, -0.15) is 0 Å². The Morgan fingerprint density at radius 1 is 1.03 bits per heavy atom. The number of ketones is 1. The lowest BCUT2D eigenvalue weighted by Crippen LogP contribution is -2.44. The number of Topliss-reactive ketones (excluding diaryl/α,β-unsaturated/α-hetero) is 1.